The maximum absolute atomic E-state index is 10.7. The number of hydrogen-bond acceptors (Lipinski definition) is 6. The van der Waals surface area contributed by atoms with Gasteiger partial charge in [0.05, 0.1) is 80.0 Å². The van der Waals surface area contributed by atoms with Crippen LogP contribution in [0, 0.1) is 45.3 Å². The Hall–Kier alpha value is -9.60. The van der Waals surface area contributed by atoms with Gasteiger partial charge in [0.15, 0.2) is 5.82 Å². The van der Waals surface area contributed by atoms with Crippen LogP contribution in [0.4, 0.5) is 0 Å². The molecule has 3 aromatic heterocycles. The average molecular weight is 815 g/mol. The minimum atomic E-state index is 0.371. The Kier molecular flexibility index (Phi) is 8.85. The van der Waals surface area contributed by atoms with Crippen molar-refractivity contribution in [3.8, 4) is 80.7 Å². The summed E-state index contributed by atoms with van der Waals surface area (Å²) in [6, 6.07) is 68.5. The third-order valence-corrected chi connectivity index (χ3v) is 11.8. The van der Waals surface area contributed by atoms with E-state index in [-0.39, 0.29) is 0 Å². The van der Waals surface area contributed by atoms with E-state index in [0.717, 1.165) is 49.7 Å². The highest BCUT2D eigenvalue weighted by molar-refractivity contribution is 6.12. The number of para-hydroxylation sites is 3. The van der Waals surface area contributed by atoms with Gasteiger partial charge in [0.2, 0.25) is 0 Å². The summed E-state index contributed by atoms with van der Waals surface area (Å²) in [5.74, 6) is 0.429. The Morgan fingerprint density at radius 1 is 0.344 bits per heavy atom. The monoisotopic (exact) mass is 814 g/mol. The van der Waals surface area contributed by atoms with Crippen molar-refractivity contribution < 1.29 is 0 Å². The molecule has 0 aliphatic carbocycles. The van der Waals surface area contributed by atoms with E-state index in [1.165, 1.54) is 10.8 Å². The molecule has 294 valence electrons. The Morgan fingerprint density at radius 2 is 0.828 bits per heavy atom. The van der Waals surface area contributed by atoms with Gasteiger partial charge in [-0.2, -0.15) is 21.0 Å². The first-order valence-corrected chi connectivity index (χ1v) is 20.5. The normalized spacial score (nSPS) is 11.1. The molecule has 3 heterocycles. The van der Waals surface area contributed by atoms with Gasteiger partial charge in [-0.3, -0.25) is 0 Å². The fraction of sp³-hybridized carbons (Fsp3) is 0. The van der Waals surface area contributed by atoms with Gasteiger partial charge >= 0.3 is 0 Å². The number of benzene rings is 8. The molecule has 11 aromatic rings. The average Bonchev–Trinajstić information content (AvgIpc) is 3.88. The van der Waals surface area contributed by atoms with Crippen LogP contribution in [0.1, 0.15) is 22.3 Å². The summed E-state index contributed by atoms with van der Waals surface area (Å²) in [6.45, 7) is 0. The first kappa shape index (κ1) is 37.4. The fourth-order valence-corrected chi connectivity index (χ4v) is 8.98. The highest BCUT2D eigenvalue weighted by Gasteiger charge is 2.20. The van der Waals surface area contributed by atoms with E-state index >= 15 is 0 Å². The lowest BCUT2D eigenvalue weighted by molar-refractivity contribution is 1.16. The zero-order valence-electron chi connectivity index (χ0n) is 33.9. The van der Waals surface area contributed by atoms with Gasteiger partial charge in [0, 0.05) is 55.2 Å². The van der Waals surface area contributed by atoms with Crippen LogP contribution in [0.15, 0.2) is 182 Å². The molecule has 64 heavy (non-hydrogen) atoms. The maximum atomic E-state index is 10.7. The fourth-order valence-electron chi connectivity index (χ4n) is 8.98. The van der Waals surface area contributed by atoms with Crippen molar-refractivity contribution in [2.45, 2.75) is 0 Å². The number of nitriles is 4. The van der Waals surface area contributed by atoms with Crippen LogP contribution in [0.3, 0.4) is 0 Å². The number of hydrogen-bond donors (Lipinski definition) is 0. The molecule has 8 aromatic carbocycles. The Bertz CT molecular complexity index is 3730. The predicted molar refractivity (Wildman–Crippen MR) is 251 cm³/mol. The van der Waals surface area contributed by atoms with E-state index in [1.54, 1.807) is 30.3 Å². The van der Waals surface area contributed by atoms with Gasteiger partial charge in [-0.25, -0.2) is 9.97 Å². The van der Waals surface area contributed by atoms with Crippen LogP contribution < -0.4 is 0 Å². The molecule has 0 amide bonds. The summed E-state index contributed by atoms with van der Waals surface area (Å²) in [5.41, 5.74) is 12.4. The topological polar surface area (TPSA) is 131 Å². The second-order valence-electron chi connectivity index (χ2n) is 15.5. The summed E-state index contributed by atoms with van der Waals surface area (Å²) >= 11 is 0. The van der Waals surface area contributed by atoms with Gasteiger partial charge in [-0.1, -0.05) is 103 Å². The molecule has 0 unspecified atom stereocenters. The molecule has 0 saturated carbocycles. The highest BCUT2D eigenvalue weighted by Crippen LogP contribution is 2.39. The Morgan fingerprint density at radius 3 is 1.41 bits per heavy atom. The standard InChI is InChI=1S/C56H30N8/c57-31-35-9-7-11-39(25-35)50-30-49(61-56(62-50)40-12-8-10-36(26-40)32-58)37-19-21-38(22-20-37)55-41(33-59)27-44(28-42(55)34-60)64-53-18-6-3-15-47(53)48-29-43(23-24-54(48)64)63-51-16-4-1-13-45(51)46-14-2-5-17-52(46)63/h1-30H. The largest absolute Gasteiger partial charge is 0.309 e. The van der Waals surface area contributed by atoms with E-state index in [9.17, 15) is 21.0 Å². The first-order chi connectivity index (χ1) is 31.5. The van der Waals surface area contributed by atoms with E-state index in [4.69, 9.17) is 9.97 Å². The Balaban J connectivity index is 1.02. The maximum Gasteiger partial charge on any atom is 0.160 e. The van der Waals surface area contributed by atoms with Crippen molar-refractivity contribution in [1.29, 1.82) is 21.0 Å². The van der Waals surface area contributed by atoms with Crippen molar-refractivity contribution in [2.75, 3.05) is 0 Å². The predicted octanol–water partition coefficient (Wildman–Crippen LogP) is 12.8. The number of nitrogens with zero attached hydrogens (tertiary/aromatic N) is 8. The molecule has 0 atom stereocenters. The second kappa shape index (κ2) is 15.1. The smallest absolute Gasteiger partial charge is 0.160 e. The molecule has 0 spiro atoms. The lowest BCUT2D eigenvalue weighted by Gasteiger charge is -2.14. The summed E-state index contributed by atoms with van der Waals surface area (Å²) in [7, 11) is 0. The molecule has 0 aliphatic rings. The molecule has 8 heteroatoms. The van der Waals surface area contributed by atoms with E-state index in [2.05, 4.69) is 112 Å². The summed E-state index contributed by atoms with van der Waals surface area (Å²) in [5, 5.41) is 45.2. The highest BCUT2D eigenvalue weighted by atomic mass is 15.0. The molecule has 0 aliphatic heterocycles. The summed E-state index contributed by atoms with van der Waals surface area (Å²) < 4.78 is 4.45. The Labute approximate surface area is 367 Å². The summed E-state index contributed by atoms with van der Waals surface area (Å²) in [4.78, 5) is 9.79. The number of fused-ring (bicyclic) bond motifs is 6. The van der Waals surface area contributed by atoms with E-state index < -0.39 is 0 Å². The number of aromatic nitrogens is 4. The third-order valence-electron chi connectivity index (χ3n) is 11.8. The van der Waals surface area contributed by atoms with Crippen molar-refractivity contribution >= 4 is 43.6 Å². The van der Waals surface area contributed by atoms with Crippen LogP contribution in [-0.4, -0.2) is 19.1 Å². The quantitative estimate of drug-likeness (QED) is 0.164. The minimum absolute atomic E-state index is 0.371. The molecular weight excluding hydrogens is 785 g/mol. The van der Waals surface area contributed by atoms with E-state index in [1.807, 2.05) is 72.8 Å². The summed E-state index contributed by atoms with van der Waals surface area (Å²) in [6.07, 6.45) is 0. The van der Waals surface area contributed by atoms with Crippen molar-refractivity contribution in [2.24, 2.45) is 0 Å². The van der Waals surface area contributed by atoms with E-state index in [0.29, 0.717) is 61.8 Å². The van der Waals surface area contributed by atoms with Gasteiger partial charge in [0.1, 0.15) is 0 Å². The SMILES string of the molecule is N#Cc1cccc(-c2cc(-c3ccc(-c4c(C#N)cc(-n5c6ccccc6c6cc(-n7c8ccccc8c8ccccc87)ccc65)cc4C#N)cc3)nc(-c3cccc(C#N)c3)n2)c1. The zero-order valence-corrected chi connectivity index (χ0v) is 33.9. The molecule has 0 radical (unpaired) electrons. The van der Waals surface area contributed by atoms with Crippen LogP contribution in [0.25, 0.3) is 100 Å². The molecule has 0 bridgehead atoms. The van der Waals surface area contributed by atoms with Gasteiger partial charge in [-0.15, -0.1) is 0 Å². The molecule has 8 nitrogen and oxygen atoms in total. The van der Waals surface area contributed by atoms with Gasteiger partial charge < -0.3 is 9.13 Å². The second-order valence-corrected chi connectivity index (χ2v) is 15.5. The lowest BCUT2D eigenvalue weighted by Crippen LogP contribution is -1.99. The minimum Gasteiger partial charge on any atom is -0.309 e. The molecule has 0 N–H and O–H groups in total. The molecular formula is C56H30N8. The van der Waals surface area contributed by atoms with Crippen molar-refractivity contribution in [1.82, 2.24) is 19.1 Å². The van der Waals surface area contributed by atoms with Crippen LogP contribution in [0.2, 0.25) is 0 Å². The zero-order chi connectivity index (χ0) is 43.3. The third kappa shape index (κ3) is 6.12. The van der Waals surface area contributed by atoms with Crippen molar-refractivity contribution in [3.63, 3.8) is 0 Å². The number of rotatable bonds is 6. The van der Waals surface area contributed by atoms with Gasteiger partial charge in [-0.05, 0) is 84.4 Å². The molecule has 0 saturated heterocycles. The van der Waals surface area contributed by atoms with Crippen LogP contribution in [-0.2, 0) is 0 Å². The lowest BCUT2D eigenvalue weighted by atomic mass is 9.93. The van der Waals surface area contributed by atoms with Crippen molar-refractivity contribution in [3.05, 3.63) is 204 Å². The molecule has 11 rings (SSSR count). The van der Waals surface area contributed by atoms with Gasteiger partial charge in [0.25, 0.3) is 0 Å². The first-order valence-electron chi connectivity index (χ1n) is 20.5. The molecule has 0 fully saturated rings. The van der Waals surface area contributed by atoms with Crippen LogP contribution in [0.5, 0.6) is 0 Å². The van der Waals surface area contributed by atoms with Crippen LogP contribution >= 0.6 is 0 Å².